The number of nitrogens with zero attached hydrogens (tertiary/aromatic N) is 3. The number of carbonyl (C=O) groups excluding carboxylic acids is 3. The van der Waals surface area contributed by atoms with Crippen molar-refractivity contribution in [1.82, 2.24) is 9.80 Å². The third kappa shape index (κ3) is 2.88. The maximum absolute atomic E-state index is 12.6. The molecule has 0 saturated heterocycles. The molecule has 2 aromatic rings. The first kappa shape index (κ1) is 16.4. The molecule has 0 bridgehead atoms. The number of rotatable bonds is 3. The molecule has 1 aliphatic rings. The lowest BCUT2D eigenvalue weighted by molar-refractivity contribution is 0.0692. The molecule has 0 saturated carbocycles. The van der Waals surface area contributed by atoms with E-state index in [1.807, 2.05) is 6.07 Å². The maximum Gasteiger partial charge on any atom is 0.261 e. The Labute approximate surface area is 144 Å². The molecule has 25 heavy (non-hydrogen) atoms. The number of fused-ring (bicyclic) bond motifs is 1. The molecule has 0 atom stereocenters. The van der Waals surface area contributed by atoms with Crippen LogP contribution in [0.2, 0.25) is 0 Å². The summed E-state index contributed by atoms with van der Waals surface area (Å²) in [5, 5.41) is 8.81. The minimum Gasteiger partial charge on any atom is -0.337 e. The van der Waals surface area contributed by atoms with Crippen molar-refractivity contribution in [3.8, 4) is 6.07 Å². The van der Waals surface area contributed by atoms with Crippen LogP contribution >= 0.6 is 0 Å². The van der Waals surface area contributed by atoms with Crippen LogP contribution in [0.4, 0.5) is 0 Å². The average molecular weight is 333 g/mol. The van der Waals surface area contributed by atoms with Crippen molar-refractivity contribution in [3.05, 3.63) is 70.3 Å². The van der Waals surface area contributed by atoms with Crippen molar-refractivity contribution < 1.29 is 14.4 Å². The Morgan fingerprint density at radius 2 is 1.72 bits per heavy atom. The molecule has 1 aliphatic heterocycles. The number of carbonyl (C=O) groups is 3. The third-order valence-electron chi connectivity index (χ3n) is 4.19. The molecule has 2 aromatic carbocycles. The van der Waals surface area contributed by atoms with Gasteiger partial charge in [-0.25, -0.2) is 0 Å². The molecule has 0 fully saturated rings. The van der Waals surface area contributed by atoms with E-state index in [0.717, 1.165) is 10.5 Å². The quantitative estimate of drug-likeness (QED) is 0.805. The van der Waals surface area contributed by atoms with Crippen molar-refractivity contribution in [2.75, 3.05) is 14.1 Å². The van der Waals surface area contributed by atoms with Gasteiger partial charge in [-0.05, 0) is 35.9 Å². The first-order valence-corrected chi connectivity index (χ1v) is 7.63. The van der Waals surface area contributed by atoms with Crippen molar-refractivity contribution in [1.29, 1.82) is 5.26 Å². The van der Waals surface area contributed by atoms with Gasteiger partial charge in [0.15, 0.2) is 0 Å². The third-order valence-corrected chi connectivity index (χ3v) is 4.19. The fourth-order valence-corrected chi connectivity index (χ4v) is 2.75. The van der Waals surface area contributed by atoms with Crippen LogP contribution in [0.5, 0.6) is 0 Å². The Kier molecular flexibility index (Phi) is 4.07. The molecule has 3 amide bonds. The summed E-state index contributed by atoms with van der Waals surface area (Å²) in [7, 11) is 3.08. The lowest BCUT2D eigenvalue weighted by Crippen LogP contribution is -2.26. The lowest BCUT2D eigenvalue weighted by Gasteiger charge is -2.17. The fourth-order valence-electron chi connectivity index (χ4n) is 2.75. The number of imide groups is 1. The molecule has 0 N–H and O–H groups in total. The van der Waals surface area contributed by atoms with E-state index in [1.165, 1.54) is 24.1 Å². The molecule has 1 heterocycles. The standard InChI is InChI=1S/C19H15N3O3/c1-21(11-13-5-3-12(10-20)4-6-13)17(23)14-7-8-15-16(9-14)19(25)22(2)18(15)24/h3-9H,11H2,1-2H3. The number of amides is 3. The highest BCUT2D eigenvalue weighted by molar-refractivity contribution is 6.21. The van der Waals surface area contributed by atoms with Crippen LogP contribution in [-0.2, 0) is 6.54 Å². The molecule has 0 spiro atoms. The minimum absolute atomic E-state index is 0.248. The minimum atomic E-state index is -0.399. The average Bonchev–Trinajstić information content (AvgIpc) is 2.85. The topological polar surface area (TPSA) is 81.5 Å². The van der Waals surface area contributed by atoms with Gasteiger partial charge in [0.1, 0.15) is 0 Å². The van der Waals surface area contributed by atoms with Crippen molar-refractivity contribution in [2.24, 2.45) is 0 Å². The van der Waals surface area contributed by atoms with Crippen molar-refractivity contribution in [2.45, 2.75) is 6.54 Å². The summed E-state index contributed by atoms with van der Waals surface area (Å²) in [6, 6.07) is 13.6. The van der Waals surface area contributed by atoms with E-state index in [4.69, 9.17) is 5.26 Å². The molecule has 0 aliphatic carbocycles. The summed E-state index contributed by atoms with van der Waals surface area (Å²) >= 11 is 0. The van der Waals surface area contributed by atoms with E-state index >= 15 is 0 Å². The van der Waals surface area contributed by atoms with Crippen LogP contribution in [0.25, 0.3) is 0 Å². The molecule has 3 rings (SSSR count). The van der Waals surface area contributed by atoms with Gasteiger partial charge in [-0.15, -0.1) is 0 Å². The highest BCUT2D eigenvalue weighted by Crippen LogP contribution is 2.23. The summed E-state index contributed by atoms with van der Waals surface area (Å²) in [4.78, 5) is 39.1. The van der Waals surface area contributed by atoms with E-state index in [-0.39, 0.29) is 17.4 Å². The number of nitriles is 1. The summed E-state index contributed by atoms with van der Waals surface area (Å²) in [6.45, 7) is 0.369. The zero-order valence-corrected chi connectivity index (χ0v) is 13.8. The van der Waals surface area contributed by atoms with E-state index in [1.54, 1.807) is 37.4 Å². The maximum atomic E-state index is 12.6. The van der Waals surface area contributed by atoms with Crippen LogP contribution < -0.4 is 0 Å². The second-order valence-electron chi connectivity index (χ2n) is 5.90. The van der Waals surface area contributed by atoms with Gasteiger partial charge >= 0.3 is 0 Å². The van der Waals surface area contributed by atoms with E-state index < -0.39 is 5.91 Å². The predicted octanol–water partition coefficient (Wildman–Crippen LogP) is 2.06. The van der Waals surface area contributed by atoms with Crippen LogP contribution in [0, 0.1) is 11.3 Å². The van der Waals surface area contributed by atoms with Crippen LogP contribution in [-0.4, -0.2) is 41.6 Å². The Bertz CT molecular complexity index is 926. The van der Waals surface area contributed by atoms with E-state index in [9.17, 15) is 14.4 Å². The highest BCUT2D eigenvalue weighted by Gasteiger charge is 2.33. The van der Waals surface area contributed by atoms with E-state index in [2.05, 4.69) is 0 Å². The van der Waals surface area contributed by atoms with Gasteiger partial charge in [-0.2, -0.15) is 5.26 Å². The van der Waals surface area contributed by atoms with Gasteiger partial charge in [0, 0.05) is 26.2 Å². The van der Waals surface area contributed by atoms with Gasteiger partial charge in [-0.1, -0.05) is 12.1 Å². The summed E-state index contributed by atoms with van der Waals surface area (Å²) in [5.41, 5.74) is 2.38. The Morgan fingerprint density at radius 3 is 2.36 bits per heavy atom. The lowest BCUT2D eigenvalue weighted by atomic mass is 10.0. The number of hydrogen-bond acceptors (Lipinski definition) is 4. The predicted molar refractivity (Wildman–Crippen MR) is 89.8 cm³/mol. The SMILES string of the molecule is CN(Cc1ccc(C#N)cc1)C(=O)c1ccc2c(c1)C(=O)N(C)C2=O. The number of benzene rings is 2. The molecule has 0 unspecified atom stereocenters. The van der Waals surface area contributed by atoms with Gasteiger partial charge in [0.05, 0.1) is 22.8 Å². The normalized spacial score (nSPS) is 12.8. The zero-order valence-electron chi connectivity index (χ0n) is 13.8. The highest BCUT2D eigenvalue weighted by atomic mass is 16.2. The molecule has 6 nitrogen and oxygen atoms in total. The van der Waals surface area contributed by atoms with Gasteiger partial charge in [0.25, 0.3) is 17.7 Å². The second-order valence-corrected chi connectivity index (χ2v) is 5.90. The Balaban J connectivity index is 1.80. The molecule has 0 aromatic heterocycles. The van der Waals surface area contributed by atoms with Crippen molar-refractivity contribution in [3.63, 3.8) is 0 Å². The smallest absolute Gasteiger partial charge is 0.261 e. The molecular weight excluding hydrogens is 318 g/mol. The van der Waals surface area contributed by atoms with Crippen molar-refractivity contribution >= 4 is 17.7 Å². The molecular formula is C19H15N3O3. The van der Waals surface area contributed by atoms with Crippen LogP contribution in [0.1, 0.15) is 42.2 Å². The fraction of sp³-hybridized carbons (Fsp3) is 0.158. The molecule has 0 radical (unpaired) electrons. The van der Waals surface area contributed by atoms with Crippen LogP contribution in [0.3, 0.4) is 0 Å². The molecule has 124 valence electrons. The second kappa shape index (κ2) is 6.21. The first-order valence-electron chi connectivity index (χ1n) is 7.63. The van der Waals surface area contributed by atoms with Crippen LogP contribution in [0.15, 0.2) is 42.5 Å². The summed E-state index contributed by atoms with van der Waals surface area (Å²) < 4.78 is 0. The Morgan fingerprint density at radius 1 is 1.08 bits per heavy atom. The zero-order chi connectivity index (χ0) is 18.1. The van der Waals surface area contributed by atoms with E-state index in [0.29, 0.717) is 23.2 Å². The monoisotopic (exact) mass is 333 g/mol. The summed E-state index contributed by atoms with van der Waals surface area (Å²) in [5.74, 6) is -1.00. The Hall–Kier alpha value is -3.46. The first-order chi connectivity index (χ1) is 11.9. The van der Waals surface area contributed by atoms with Gasteiger partial charge < -0.3 is 4.90 Å². The van der Waals surface area contributed by atoms with Gasteiger partial charge in [-0.3, -0.25) is 19.3 Å². The molecule has 6 heteroatoms. The number of hydrogen-bond donors (Lipinski definition) is 0. The summed E-state index contributed by atoms with van der Waals surface area (Å²) in [6.07, 6.45) is 0. The largest absolute Gasteiger partial charge is 0.337 e. The van der Waals surface area contributed by atoms with Gasteiger partial charge in [0.2, 0.25) is 0 Å².